The number of carbonyl (C=O) groups is 2. The van der Waals surface area contributed by atoms with Crippen LogP contribution >= 0.6 is 0 Å². The van der Waals surface area contributed by atoms with Crippen LogP contribution in [0.5, 0.6) is 0 Å². The van der Waals surface area contributed by atoms with E-state index in [1.165, 1.54) is 18.9 Å². The summed E-state index contributed by atoms with van der Waals surface area (Å²) in [5, 5.41) is 5.66. The minimum absolute atomic E-state index is 0.205. The maximum absolute atomic E-state index is 11.8. The zero-order chi connectivity index (χ0) is 17.2. The fourth-order valence-electron chi connectivity index (χ4n) is 2.54. The average molecular weight is 331 g/mol. The number of esters is 1. The summed E-state index contributed by atoms with van der Waals surface area (Å²) in [6.45, 7) is 5.92. The Morgan fingerprint density at radius 2 is 1.92 bits per heavy atom. The maximum Gasteiger partial charge on any atom is 0.330 e. The number of hydrogen-bond acceptors (Lipinski definition) is 4. The summed E-state index contributed by atoms with van der Waals surface area (Å²) >= 11 is 0. The van der Waals surface area contributed by atoms with Crippen molar-refractivity contribution >= 4 is 23.8 Å². The van der Waals surface area contributed by atoms with Crippen LogP contribution in [0.15, 0.2) is 30.3 Å². The summed E-state index contributed by atoms with van der Waals surface area (Å²) in [5.74, 6) is -0.364. The van der Waals surface area contributed by atoms with Crippen LogP contribution in [0.1, 0.15) is 25.3 Å². The van der Waals surface area contributed by atoms with E-state index in [1.54, 1.807) is 25.1 Å². The second-order valence-electron chi connectivity index (χ2n) is 5.64. The normalized spacial score (nSPS) is 14.7. The van der Waals surface area contributed by atoms with Crippen molar-refractivity contribution in [2.75, 3.05) is 38.1 Å². The highest BCUT2D eigenvalue weighted by Crippen LogP contribution is 2.11. The van der Waals surface area contributed by atoms with E-state index in [-0.39, 0.29) is 12.0 Å². The third kappa shape index (κ3) is 6.42. The van der Waals surface area contributed by atoms with E-state index in [1.807, 2.05) is 12.1 Å². The van der Waals surface area contributed by atoms with Crippen molar-refractivity contribution in [2.24, 2.45) is 0 Å². The summed E-state index contributed by atoms with van der Waals surface area (Å²) in [6, 6.07) is 7.05. The monoisotopic (exact) mass is 331 g/mol. The lowest BCUT2D eigenvalue weighted by atomic mass is 10.2. The fraction of sp³-hybridized carbons (Fsp3) is 0.444. The molecule has 0 spiro atoms. The SMILES string of the molecule is CCOC(=O)/C=C/c1ccc(NC(=O)NCCN2CCCC2)cc1. The van der Waals surface area contributed by atoms with E-state index in [2.05, 4.69) is 15.5 Å². The number of urea groups is 1. The van der Waals surface area contributed by atoms with Crippen LogP contribution in [0.3, 0.4) is 0 Å². The molecule has 130 valence electrons. The van der Waals surface area contributed by atoms with Gasteiger partial charge in [0.1, 0.15) is 0 Å². The Balaban J connectivity index is 1.72. The molecule has 2 N–H and O–H groups in total. The highest BCUT2D eigenvalue weighted by Gasteiger charge is 2.11. The predicted molar refractivity (Wildman–Crippen MR) is 94.8 cm³/mol. The summed E-state index contributed by atoms with van der Waals surface area (Å²) in [6.07, 6.45) is 5.57. The molecule has 24 heavy (non-hydrogen) atoms. The summed E-state index contributed by atoms with van der Waals surface area (Å²) in [5.41, 5.74) is 1.57. The molecule has 1 heterocycles. The lowest BCUT2D eigenvalue weighted by molar-refractivity contribution is -0.137. The van der Waals surface area contributed by atoms with E-state index in [4.69, 9.17) is 4.74 Å². The Bertz CT molecular complexity index is 563. The summed E-state index contributed by atoms with van der Waals surface area (Å²) < 4.78 is 4.82. The molecular weight excluding hydrogens is 306 g/mol. The Kier molecular flexibility index (Phi) is 7.29. The van der Waals surface area contributed by atoms with Crippen LogP contribution in [0.25, 0.3) is 6.08 Å². The molecule has 2 amide bonds. The first-order valence-electron chi connectivity index (χ1n) is 8.39. The highest BCUT2D eigenvalue weighted by molar-refractivity contribution is 5.90. The van der Waals surface area contributed by atoms with Gasteiger partial charge < -0.3 is 20.3 Å². The molecule has 0 saturated carbocycles. The Morgan fingerprint density at radius 1 is 1.21 bits per heavy atom. The molecule has 1 aromatic rings. The number of nitrogens with zero attached hydrogens (tertiary/aromatic N) is 1. The first-order valence-corrected chi connectivity index (χ1v) is 8.39. The van der Waals surface area contributed by atoms with Gasteiger partial charge in [0, 0.05) is 24.9 Å². The van der Waals surface area contributed by atoms with Gasteiger partial charge in [-0.2, -0.15) is 0 Å². The number of ether oxygens (including phenoxy) is 1. The van der Waals surface area contributed by atoms with Crippen LogP contribution in [-0.4, -0.2) is 49.7 Å². The Labute approximate surface area is 142 Å². The van der Waals surface area contributed by atoms with Crippen LogP contribution < -0.4 is 10.6 Å². The molecule has 0 atom stereocenters. The lowest BCUT2D eigenvalue weighted by Crippen LogP contribution is -2.35. The predicted octanol–water partition coefficient (Wildman–Crippen LogP) is 2.48. The highest BCUT2D eigenvalue weighted by atomic mass is 16.5. The molecule has 0 unspecified atom stereocenters. The summed E-state index contributed by atoms with van der Waals surface area (Å²) in [4.78, 5) is 25.4. The number of amides is 2. The van der Waals surface area contributed by atoms with E-state index < -0.39 is 0 Å². The second kappa shape index (κ2) is 9.72. The number of hydrogen-bond donors (Lipinski definition) is 2. The molecular formula is C18H25N3O3. The number of nitrogens with one attached hydrogen (secondary N) is 2. The first kappa shape index (κ1) is 18.0. The van der Waals surface area contributed by atoms with Crippen molar-refractivity contribution in [1.82, 2.24) is 10.2 Å². The Morgan fingerprint density at radius 3 is 2.58 bits per heavy atom. The van der Waals surface area contributed by atoms with E-state index in [0.717, 1.165) is 25.2 Å². The first-order chi connectivity index (χ1) is 11.7. The van der Waals surface area contributed by atoms with Crippen LogP contribution in [-0.2, 0) is 9.53 Å². The Hall–Kier alpha value is -2.34. The fourth-order valence-corrected chi connectivity index (χ4v) is 2.54. The molecule has 0 bridgehead atoms. The standard InChI is InChI=1S/C18H25N3O3/c1-2-24-17(22)10-7-15-5-8-16(9-6-15)20-18(23)19-11-14-21-12-3-4-13-21/h5-10H,2-4,11-14H2,1H3,(H2,19,20,23)/b10-7+. The van der Waals surface area contributed by atoms with Crippen molar-refractivity contribution in [3.63, 3.8) is 0 Å². The van der Waals surface area contributed by atoms with E-state index in [0.29, 0.717) is 18.8 Å². The van der Waals surface area contributed by atoms with Gasteiger partial charge in [0.25, 0.3) is 0 Å². The van der Waals surface area contributed by atoms with E-state index >= 15 is 0 Å². The molecule has 1 aromatic carbocycles. The van der Waals surface area contributed by atoms with Gasteiger partial charge in [0.15, 0.2) is 0 Å². The van der Waals surface area contributed by atoms with E-state index in [9.17, 15) is 9.59 Å². The third-order valence-corrected chi connectivity index (χ3v) is 3.78. The van der Waals surface area contributed by atoms with Gasteiger partial charge in [-0.1, -0.05) is 12.1 Å². The molecule has 6 nitrogen and oxygen atoms in total. The topological polar surface area (TPSA) is 70.7 Å². The maximum atomic E-state index is 11.8. The molecule has 2 rings (SSSR count). The van der Waals surface area contributed by atoms with Gasteiger partial charge >= 0.3 is 12.0 Å². The van der Waals surface area contributed by atoms with Gasteiger partial charge in [-0.25, -0.2) is 9.59 Å². The largest absolute Gasteiger partial charge is 0.463 e. The molecule has 1 aliphatic heterocycles. The molecule has 6 heteroatoms. The lowest BCUT2D eigenvalue weighted by Gasteiger charge is -2.15. The number of anilines is 1. The minimum atomic E-state index is -0.364. The quantitative estimate of drug-likeness (QED) is 0.595. The minimum Gasteiger partial charge on any atom is -0.463 e. The van der Waals surface area contributed by atoms with Gasteiger partial charge in [0.2, 0.25) is 0 Å². The number of rotatable bonds is 7. The second-order valence-corrected chi connectivity index (χ2v) is 5.64. The molecule has 1 fully saturated rings. The van der Waals surface area contributed by atoms with Crippen molar-refractivity contribution in [2.45, 2.75) is 19.8 Å². The van der Waals surface area contributed by atoms with Crippen LogP contribution in [0, 0.1) is 0 Å². The molecule has 0 aromatic heterocycles. The van der Waals surface area contributed by atoms with Gasteiger partial charge in [-0.15, -0.1) is 0 Å². The van der Waals surface area contributed by atoms with Gasteiger partial charge in [0.05, 0.1) is 6.61 Å². The molecule has 0 aliphatic carbocycles. The van der Waals surface area contributed by atoms with Crippen molar-refractivity contribution in [3.05, 3.63) is 35.9 Å². The van der Waals surface area contributed by atoms with Gasteiger partial charge in [-0.3, -0.25) is 0 Å². The third-order valence-electron chi connectivity index (χ3n) is 3.78. The zero-order valence-electron chi connectivity index (χ0n) is 14.1. The summed E-state index contributed by atoms with van der Waals surface area (Å²) in [7, 11) is 0. The molecule has 1 saturated heterocycles. The van der Waals surface area contributed by atoms with Crippen LogP contribution in [0.2, 0.25) is 0 Å². The van der Waals surface area contributed by atoms with Crippen LogP contribution in [0.4, 0.5) is 10.5 Å². The van der Waals surface area contributed by atoms with Gasteiger partial charge in [-0.05, 0) is 56.6 Å². The molecule has 1 aliphatic rings. The number of benzene rings is 1. The van der Waals surface area contributed by atoms with Crippen molar-refractivity contribution in [1.29, 1.82) is 0 Å². The number of carbonyl (C=O) groups excluding carboxylic acids is 2. The van der Waals surface area contributed by atoms with Crippen molar-refractivity contribution < 1.29 is 14.3 Å². The zero-order valence-corrected chi connectivity index (χ0v) is 14.1. The smallest absolute Gasteiger partial charge is 0.330 e. The number of likely N-dealkylation sites (tertiary alicyclic amines) is 1. The molecule has 0 radical (unpaired) electrons. The average Bonchev–Trinajstić information content (AvgIpc) is 3.08. The van der Waals surface area contributed by atoms with Crippen molar-refractivity contribution in [3.8, 4) is 0 Å².